The van der Waals surface area contributed by atoms with Gasteiger partial charge in [0.2, 0.25) is 0 Å². The third-order valence-corrected chi connectivity index (χ3v) is 4.57. The van der Waals surface area contributed by atoms with Crippen LogP contribution in [0.3, 0.4) is 0 Å². The number of hydrogen-bond acceptors (Lipinski definition) is 5. The van der Waals surface area contributed by atoms with Gasteiger partial charge in [-0.25, -0.2) is 9.67 Å². The van der Waals surface area contributed by atoms with E-state index in [1.54, 1.807) is 13.0 Å². The lowest BCUT2D eigenvalue weighted by atomic mass is 10.1. The first kappa shape index (κ1) is 17.9. The van der Waals surface area contributed by atoms with Crippen molar-refractivity contribution in [1.82, 2.24) is 19.9 Å². The van der Waals surface area contributed by atoms with Crippen LogP contribution in [0.4, 0.5) is 5.82 Å². The Morgan fingerprint density at radius 2 is 1.71 bits per heavy atom. The summed E-state index contributed by atoms with van der Waals surface area (Å²) in [6, 6.07) is 9.82. The first-order valence-corrected chi connectivity index (χ1v) is 9.02. The fourth-order valence-corrected chi connectivity index (χ4v) is 3.45. The number of aryl methyl sites for hydroxylation is 5. The SMILES string of the molecule is Cc1cc(C)cc(-n2nc(NC(=O)c3cc(C)nc4onc(C)c34)cc2C)c1. The molecule has 0 bridgehead atoms. The molecule has 1 N–H and O–H groups in total. The van der Waals surface area contributed by atoms with E-state index in [1.807, 2.05) is 24.6 Å². The summed E-state index contributed by atoms with van der Waals surface area (Å²) >= 11 is 0. The maximum Gasteiger partial charge on any atom is 0.258 e. The molecule has 1 amide bonds. The van der Waals surface area contributed by atoms with E-state index in [1.165, 1.54) is 0 Å². The molecule has 7 nitrogen and oxygen atoms in total. The monoisotopic (exact) mass is 375 g/mol. The van der Waals surface area contributed by atoms with Gasteiger partial charge in [-0.3, -0.25) is 4.79 Å². The molecule has 0 unspecified atom stereocenters. The van der Waals surface area contributed by atoms with Gasteiger partial charge in [0.25, 0.3) is 11.6 Å². The highest BCUT2D eigenvalue weighted by molar-refractivity contribution is 6.12. The molecule has 28 heavy (non-hydrogen) atoms. The number of benzene rings is 1. The largest absolute Gasteiger partial charge is 0.336 e. The highest BCUT2D eigenvalue weighted by atomic mass is 16.5. The van der Waals surface area contributed by atoms with E-state index in [2.05, 4.69) is 52.6 Å². The Balaban J connectivity index is 1.69. The number of fused-ring (bicyclic) bond motifs is 1. The molecule has 0 fully saturated rings. The van der Waals surface area contributed by atoms with Gasteiger partial charge in [-0.1, -0.05) is 11.2 Å². The van der Waals surface area contributed by atoms with Gasteiger partial charge in [0.15, 0.2) is 5.82 Å². The van der Waals surface area contributed by atoms with E-state index in [0.29, 0.717) is 33.9 Å². The van der Waals surface area contributed by atoms with Crippen molar-refractivity contribution in [2.75, 3.05) is 5.32 Å². The number of anilines is 1. The Kier molecular flexibility index (Phi) is 4.22. The summed E-state index contributed by atoms with van der Waals surface area (Å²) in [6.07, 6.45) is 0. The second kappa shape index (κ2) is 6.60. The summed E-state index contributed by atoms with van der Waals surface area (Å²) in [5.74, 6) is 0.213. The van der Waals surface area contributed by atoms with Crippen LogP contribution in [0.15, 0.2) is 34.9 Å². The molecule has 142 valence electrons. The lowest BCUT2D eigenvalue weighted by molar-refractivity contribution is 0.102. The van der Waals surface area contributed by atoms with Crippen molar-refractivity contribution in [1.29, 1.82) is 0 Å². The number of pyridine rings is 1. The molecule has 4 aromatic rings. The number of amides is 1. The lowest BCUT2D eigenvalue weighted by Crippen LogP contribution is -2.14. The van der Waals surface area contributed by atoms with Gasteiger partial charge in [0.1, 0.15) is 0 Å². The Morgan fingerprint density at radius 3 is 2.43 bits per heavy atom. The van der Waals surface area contributed by atoms with Crippen molar-refractivity contribution in [3.63, 3.8) is 0 Å². The molecule has 0 aliphatic carbocycles. The van der Waals surface area contributed by atoms with Crippen LogP contribution >= 0.6 is 0 Å². The molecule has 7 heteroatoms. The molecule has 3 aromatic heterocycles. The van der Waals surface area contributed by atoms with Gasteiger partial charge in [-0.05, 0) is 63.9 Å². The number of nitrogens with one attached hydrogen (secondary N) is 1. The van der Waals surface area contributed by atoms with Gasteiger partial charge in [-0.15, -0.1) is 5.10 Å². The minimum atomic E-state index is -0.271. The predicted molar refractivity (Wildman–Crippen MR) is 107 cm³/mol. The van der Waals surface area contributed by atoms with Crippen molar-refractivity contribution in [3.05, 3.63) is 64.1 Å². The van der Waals surface area contributed by atoms with Gasteiger partial charge in [-0.2, -0.15) is 0 Å². The van der Waals surface area contributed by atoms with Crippen LogP contribution in [0.25, 0.3) is 16.8 Å². The average molecular weight is 375 g/mol. The number of aromatic nitrogens is 4. The third-order valence-electron chi connectivity index (χ3n) is 4.57. The first-order valence-electron chi connectivity index (χ1n) is 9.02. The van der Waals surface area contributed by atoms with Crippen molar-refractivity contribution in [3.8, 4) is 5.69 Å². The topological polar surface area (TPSA) is 85.8 Å². The second-order valence-electron chi connectivity index (χ2n) is 7.14. The van der Waals surface area contributed by atoms with Crippen LogP contribution in [-0.4, -0.2) is 25.8 Å². The molecule has 4 rings (SSSR count). The number of rotatable bonds is 3. The highest BCUT2D eigenvalue weighted by Crippen LogP contribution is 2.23. The molecule has 0 saturated heterocycles. The van der Waals surface area contributed by atoms with E-state index in [-0.39, 0.29) is 5.91 Å². The summed E-state index contributed by atoms with van der Waals surface area (Å²) in [4.78, 5) is 17.2. The zero-order chi connectivity index (χ0) is 20.0. The molecule has 0 spiro atoms. The summed E-state index contributed by atoms with van der Waals surface area (Å²) in [7, 11) is 0. The normalized spacial score (nSPS) is 11.2. The molecule has 0 aliphatic heterocycles. The first-order chi connectivity index (χ1) is 13.3. The van der Waals surface area contributed by atoms with Gasteiger partial charge >= 0.3 is 0 Å². The minimum Gasteiger partial charge on any atom is -0.336 e. The van der Waals surface area contributed by atoms with Crippen LogP contribution in [0.1, 0.15) is 38.6 Å². The van der Waals surface area contributed by atoms with Crippen LogP contribution in [-0.2, 0) is 0 Å². The standard InChI is InChI=1S/C21H21N5O2/c1-11-6-12(2)8-16(7-11)26-14(4)10-18(24-26)23-20(27)17-9-13(3)22-21-19(17)15(5)25-28-21/h6-10H,1-5H3,(H,23,24,27). The maximum atomic E-state index is 12.9. The molecular formula is C21H21N5O2. The Hall–Kier alpha value is -3.48. The second-order valence-corrected chi connectivity index (χ2v) is 7.14. The molecule has 0 aliphatic rings. The number of nitrogens with zero attached hydrogens (tertiary/aromatic N) is 4. The van der Waals surface area contributed by atoms with Crippen LogP contribution in [0, 0.1) is 34.6 Å². The Labute approximate surface area is 162 Å². The zero-order valence-corrected chi connectivity index (χ0v) is 16.5. The van der Waals surface area contributed by atoms with Crippen LogP contribution < -0.4 is 5.32 Å². The quantitative estimate of drug-likeness (QED) is 0.580. The summed E-state index contributed by atoms with van der Waals surface area (Å²) in [6.45, 7) is 9.66. The smallest absolute Gasteiger partial charge is 0.258 e. The van der Waals surface area contributed by atoms with E-state index in [0.717, 1.165) is 22.5 Å². The number of carbonyl (C=O) groups excluding carboxylic acids is 1. The van der Waals surface area contributed by atoms with E-state index < -0.39 is 0 Å². The highest BCUT2D eigenvalue weighted by Gasteiger charge is 2.19. The maximum absolute atomic E-state index is 12.9. The average Bonchev–Trinajstić information content (AvgIpc) is 3.16. The fraction of sp³-hybridized carbons (Fsp3) is 0.238. The van der Waals surface area contributed by atoms with E-state index >= 15 is 0 Å². The zero-order valence-electron chi connectivity index (χ0n) is 16.5. The minimum absolute atomic E-state index is 0.271. The Bertz CT molecular complexity index is 1200. The van der Waals surface area contributed by atoms with Crippen LogP contribution in [0.2, 0.25) is 0 Å². The van der Waals surface area contributed by atoms with Gasteiger partial charge in [0.05, 0.1) is 22.3 Å². The summed E-state index contributed by atoms with van der Waals surface area (Å²) in [5, 5.41) is 12.0. The Morgan fingerprint density at radius 1 is 1.00 bits per heavy atom. The lowest BCUT2D eigenvalue weighted by Gasteiger charge is -2.07. The van der Waals surface area contributed by atoms with Crippen molar-refractivity contribution in [2.45, 2.75) is 34.6 Å². The van der Waals surface area contributed by atoms with Crippen molar-refractivity contribution < 1.29 is 9.32 Å². The predicted octanol–water partition coefficient (Wildman–Crippen LogP) is 4.20. The summed E-state index contributed by atoms with van der Waals surface area (Å²) in [5.41, 5.74) is 6.36. The van der Waals surface area contributed by atoms with Gasteiger partial charge < -0.3 is 9.84 Å². The summed E-state index contributed by atoms with van der Waals surface area (Å²) < 4.78 is 7.04. The fourth-order valence-electron chi connectivity index (χ4n) is 3.45. The van der Waals surface area contributed by atoms with Crippen molar-refractivity contribution in [2.24, 2.45) is 0 Å². The van der Waals surface area contributed by atoms with E-state index in [9.17, 15) is 4.79 Å². The molecule has 0 saturated carbocycles. The van der Waals surface area contributed by atoms with Gasteiger partial charge in [0, 0.05) is 17.5 Å². The molecule has 3 heterocycles. The third kappa shape index (κ3) is 3.15. The molecular weight excluding hydrogens is 354 g/mol. The van der Waals surface area contributed by atoms with Crippen LogP contribution in [0.5, 0.6) is 0 Å². The number of carbonyl (C=O) groups is 1. The molecule has 0 atom stereocenters. The number of hydrogen-bond donors (Lipinski definition) is 1. The van der Waals surface area contributed by atoms with E-state index in [4.69, 9.17) is 4.52 Å². The molecule has 0 radical (unpaired) electrons. The molecule has 1 aromatic carbocycles. The van der Waals surface area contributed by atoms with Crippen molar-refractivity contribution >= 4 is 22.8 Å².